The van der Waals surface area contributed by atoms with Gasteiger partial charge in [0.1, 0.15) is 5.82 Å². The van der Waals surface area contributed by atoms with E-state index in [1.165, 1.54) is 17.0 Å². The van der Waals surface area contributed by atoms with Crippen molar-refractivity contribution in [1.82, 2.24) is 15.0 Å². The van der Waals surface area contributed by atoms with Gasteiger partial charge in [0.05, 0.1) is 13.1 Å². The van der Waals surface area contributed by atoms with Gasteiger partial charge in [-0.1, -0.05) is 17.3 Å². The molecule has 3 aromatic rings. The Morgan fingerprint density at radius 1 is 1.15 bits per heavy atom. The molecule has 0 unspecified atom stereocenters. The second kappa shape index (κ2) is 9.23. The van der Waals surface area contributed by atoms with Crippen molar-refractivity contribution in [2.24, 2.45) is 5.73 Å². The van der Waals surface area contributed by atoms with Crippen molar-refractivity contribution in [3.8, 4) is 10.4 Å². The Hall–Kier alpha value is -1.80. The molecule has 2 heterocycles. The predicted molar refractivity (Wildman–Crippen MR) is 104 cm³/mol. The van der Waals surface area contributed by atoms with Crippen LogP contribution in [-0.2, 0) is 19.6 Å². The molecule has 0 atom stereocenters. The van der Waals surface area contributed by atoms with Crippen LogP contribution >= 0.6 is 23.7 Å². The third kappa shape index (κ3) is 5.11. The average Bonchev–Trinajstić information content (AvgIpc) is 3.24. The van der Waals surface area contributed by atoms with E-state index in [9.17, 15) is 4.39 Å². The zero-order valence-corrected chi connectivity index (χ0v) is 16.3. The zero-order chi connectivity index (χ0) is 17.8. The Morgan fingerprint density at radius 3 is 2.50 bits per heavy atom. The quantitative estimate of drug-likeness (QED) is 0.647. The minimum absolute atomic E-state index is 0. The maximum Gasteiger partial charge on any atom is 0.240 e. The summed E-state index contributed by atoms with van der Waals surface area (Å²) in [5.74, 6) is 0.876. The van der Waals surface area contributed by atoms with Crippen LogP contribution in [0.1, 0.15) is 30.4 Å². The molecule has 0 amide bonds. The van der Waals surface area contributed by atoms with Gasteiger partial charge in [-0.05, 0) is 43.7 Å². The number of halogens is 2. The number of aromatic nitrogens is 2. The van der Waals surface area contributed by atoms with Crippen LogP contribution in [0.2, 0.25) is 0 Å². The number of nitrogens with two attached hydrogens (primary N) is 1. The van der Waals surface area contributed by atoms with Crippen LogP contribution in [0.15, 0.2) is 40.9 Å². The van der Waals surface area contributed by atoms with E-state index in [0.29, 0.717) is 24.3 Å². The highest BCUT2D eigenvalue weighted by Crippen LogP contribution is 2.29. The van der Waals surface area contributed by atoms with E-state index in [1.54, 1.807) is 23.5 Å². The summed E-state index contributed by atoms with van der Waals surface area (Å²) in [6.07, 6.45) is 0. The van der Waals surface area contributed by atoms with Crippen molar-refractivity contribution in [1.29, 1.82) is 0 Å². The van der Waals surface area contributed by atoms with Gasteiger partial charge in [-0.2, -0.15) is 4.98 Å². The summed E-state index contributed by atoms with van der Waals surface area (Å²) in [4.78, 5) is 8.91. The van der Waals surface area contributed by atoms with Crippen LogP contribution in [0.4, 0.5) is 4.39 Å². The minimum Gasteiger partial charge on any atom is -0.338 e. The van der Waals surface area contributed by atoms with E-state index in [1.807, 2.05) is 0 Å². The molecule has 0 saturated heterocycles. The summed E-state index contributed by atoms with van der Waals surface area (Å²) in [7, 11) is 0. The first-order valence-corrected chi connectivity index (χ1v) is 8.97. The minimum atomic E-state index is -0.219. The van der Waals surface area contributed by atoms with Gasteiger partial charge in [0.25, 0.3) is 0 Å². The second-order valence-corrected chi connectivity index (χ2v) is 7.25. The first-order chi connectivity index (χ1) is 12.0. The monoisotopic (exact) mass is 396 g/mol. The van der Waals surface area contributed by atoms with E-state index < -0.39 is 0 Å². The fourth-order valence-electron chi connectivity index (χ4n) is 2.47. The molecule has 1 aromatic carbocycles. The van der Waals surface area contributed by atoms with Gasteiger partial charge in [0.15, 0.2) is 5.82 Å². The summed E-state index contributed by atoms with van der Waals surface area (Å²) in [6.45, 7) is 5.92. The highest BCUT2D eigenvalue weighted by atomic mass is 35.5. The highest BCUT2D eigenvalue weighted by Gasteiger charge is 2.16. The van der Waals surface area contributed by atoms with E-state index in [4.69, 9.17) is 10.3 Å². The van der Waals surface area contributed by atoms with Crippen LogP contribution in [0.3, 0.4) is 0 Å². The van der Waals surface area contributed by atoms with Gasteiger partial charge in [0, 0.05) is 22.3 Å². The largest absolute Gasteiger partial charge is 0.338 e. The van der Waals surface area contributed by atoms with Gasteiger partial charge in [-0.3, -0.25) is 4.90 Å². The SMILES string of the molecule is CC(C)N(Cc1noc(CN)n1)Cc1ccc(-c2ccc(F)cc2)s1.Cl. The molecule has 26 heavy (non-hydrogen) atoms. The maximum absolute atomic E-state index is 13.1. The standard InChI is InChI=1S/C18H21FN4OS.ClH/c1-12(2)23(11-17-21-18(9-20)24-22-17)10-15-7-8-16(25-15)13-3-5-14(19)6-4-13;/h3-8,12H,9-11,20H2,1-2H3;1H. The molecule has 0 fully saturated rings. The molecule has 0 aliphatic carbocycles. The van der Waals surface area contributed by atoms with Gasteiger partial charge in [0.2, 0.25) is 5.89 Å². The summed E-state index contributed by atoms with van der Waals surface area (Å²) in [5.41, 5.74) is 6.54. The van der Waals surface area contributed by atoms with Gasteiger partial charge < -0.3 is 10.3 Å². The van der Waals surface area contributed by atoms with Gasteiger partial charge in [-0.15, -0.1) is 23.7 Å². The number of benzene rings is 1. The maximum atomic E-state index is 13.1. The van der Waals surface area contributed by atoms with E-state index >= 15 is 0 Å². The lowest BCUT2D eigenvalue weighted by molar-refractivity contribution is 0.197. The van der Waals surface area contributed by atoms with Gasteiger partial charge in [-0.25, -0.2) is 4.39 Å². The summed E-state index contributed by atoms with van der Waals surface area (Å²) < 4.78 is 18.1. The molecule has 2 N–H and O–H groups in total. The van der Waals surface area contributed by atoms with Crippen LogP contribution in [-0.4, -0.2) is 21.1 Å². The first kappa shape index (κ1) is 20.5. The van der Waals surface area contributed by atoms with Crippen LogP contribution < -0.4 is 5.73 Å². The molecule has 5 nitrogen and oxygen atoms in total. The fourth-order valence-corrected chi connectivity index (χ4v) is 3.51. The molecule has 2 aromatic heterocycles. The van der Waals surface area contributed by atoms with Gasteiger partial charge >= 0.3 is 0 Å². The number of hydrogen-bond donors (Lipinski definition) is 1. The number of hydrogen-bond acceptors (Lipinski definition) is 6. The molecule has 8 heteroatoms. The van der Waals surface area contributed by atoms with E-state index in [2.05, 4.69) is 41.0 Å². The molecule has 3 rings (SSSR count). The Balaban J connectivity index is 0.00000243. The molecule has 0 bridgehead atoms. The lowest BCUT2D eigenvalue weighted by Crippen LogP contribution is -2.30. The Kier molecular flexibility index (Phi) is 7.28. The number of nitrogens with zero attached hydrogens (tertiary/aromatic N) is 3. The molecular formula is C18H22ClFN4OS. The van der Waals surface area contributed by atoms with Crippen molar-refractivity contribution in [2.75, 3.05) is 0 Å². The number of rotatable bonds is 7. The molecule has 0 aliphatic rings. The summed E-state index contributed by atoms with van der Waals surface area (Å²) in [5, 5.41) is 3.97. The fraction of sp³-hybridized carbons (Fsp3) is 0.333. The van der Waals surface area contributed by atoms with Crippen molar-refractivity contribution in [2.45, 2.75) is 39.5 Å². The van der Waals surface area contributed by atoms with E-state index in [-0.39, 0.29) is 24.8 Å². The molecule has 0 spiro atoms. The number of thiophene rings is 1. The summed E-state index contributed by atoms with van der Waals surface area (Å²) >= 11 is 1.71. The molecular weight excluding hydrogens is 375 g/mol. The Labute approximate surface area is 162 Å². The molecule has 0 aliphatic heterocycles. The molecule has 0 radical (unpaired) electrons. The van der Waals surface area contributed by atoms with Crippen LogP contribution in [0, 0.1) is 5.82 Å². The van der Waals surface area contributed by atoms with Crippen LogP contribution in [0.25, 0.3) is 10.4 Å². The summed E-state index contributed by atoms with van der Waals surface area (Å²) in [6, 6.07) is 11.1. The zero-order valence-electron chi connectivity index (χ0n) is 14.7. The lowest BCUT2D eigenvalue weighted by Gasteiger charge is -2.24. The Bertz CT molecular complexity index is 819. The highest BCUT2D eigenvalue weighted by molar-refractivity contribution is 7.15. The van der Waals surface area contributed by atoms with E-state index in [0.717, 1.165) is 17.0 Å². The Morgan fingerprint density at radius 2 is 1.88 bits per heavy atom. The van der Waals surface area contributed by atoms with Crippen molar-refractivity contribution in [3.05, 3.63) is 58.8 Å². The van der Waals surface area contributed by atoms with Crippen molar-refractivity contribution >= 4 is 23.7 Å². The molecule has 140 valence electrons. The third-order valence-corrected chi connectivity index (χ3v) is 5.03. The average molecular weight is 397 g/mol. The molecule has 0 saturated carbocycles. The van der Waals surface area contributed by atoms with Crippen LogP contribution in [0.5, 0.6) is 0 Å². The lowest BCUT2D eigenvalue weighted by atomic mass is 10.2. The third-order valence-electron chi connectivity index (χ3n) is 3.91. The second-order valence-electron chi connectivity index (χ2n) is 6.08. The topological polar surface area (TPSA) is 68.2 Å². The normalized spacial score (nSPS) is 11.2. The smallest absolute Gasteiger partial charge is 0.240 e. The van der Waals surface area contributed by atoms with Crippen molar-refractivity contribution < 1.29 is 8.91 Å². The predicted octanol–water partition coefficient (Wildman–Crippen LogP) is 4.23. The van der Waals surface area contributed by atoms with Crippen molar-refractivity contribution in [3.63, 3.8) is 0 Å². The first-order valence-electron chi connectivity index (χ1n) is 8.15.